The molecule has 0 aliphatic carbocycles. The zero-order valence-electron chi connectivity index (χ0n) is 18.3. The van der Waals surface area contributed by atoms with E-state index in [2.05, 4.69) is 0 Å². The van der Waals surface area contributed by atoms with Gasteiger partial charge in [0.2, 0.25) is 0 Å². The van der Waals surface area contributed by atoms with Crippen LogP contribution in [0.1, 0.15) is 33.1 Å². The van der Waals surface area contributed by atoms with Crippen LogP contribution in [-0.2, 0) is 28.5 Å². The number of ether oxygens (including phenoxy) is 5. The molecule has 4 bridgehead atoms. The molecule has 0 saturated carbocycles. The van der Waals surface area contributed by atoms with Gasteiger partial charge in [-0.15, -0.1) is 0 Å². The van der Waals surface area contributed by atoms with Crippen molar-refractivity contribution in [2.24, 2.45) is 5.92 Å². The number of rotatable bonds is 0. The molecule has 11 heteroatoms. The van der Waals surface area contributed by atoms with Gasteiger partial charge in [0, 0.05) is 5.57 Å². The molecule has 32 heavy (non-hydrogen) atoms. The maximum absolute atomic E-state index is 12.2. The van der Waals surface area contributed by atoms with E-state index >= 15 is 0 Å². The van der Waals surface area contributed by atoms with Gasteiger partial charge in [-0.3, -0.25) is 0 Å². The maximum atomic E-state index is 12.2. The number of carbonyl (C=O) groups excluding carboxylic acids is 1. The fourth-order valence-corrected chi connectivity index (χ4v) is 3.81. The van der Waals surface area contributed by atoms with E-state index in [0.29, 0.717) is 18.4 Å². The highest BCUT2D eigenvalue weighted by Gasteiger charge is 2.51. The summed E-state index contributed by atoms with van der Waals surface area (Å²) in [4.78, 5) is 12.2. The molecule has 0 aromatic carbocycles. The molecule has 9 atom stereocenters. The van der Waals surface area contributed by atoms with E-state index in [1.54, 1.807) is 13.0 Å². The van der Waals surface area contributed by atoms with E-state index in [4.69, 9.17) is 23.7 Å². The van der Waals surface area contributed by atoms with Crippen LogP contribution in [0.3, 0.4) is 0 Å². The minimum absolute atomic E-state index is 0.247. The SMILES string of the molecule is CC1=CCCC(C)CCOC2OC(COC3OCC(O)(COC1=O)C3O)C(O)C(O)C2O. The Kier molecular flexibility index (Phi) is 8.64. The third-order valence-electron chi connectivity index (χ3n) is 6.18. The molecule has 3 aliphatic heterocycles. The Morgan fingerprint density at radius 3 is 2.47 bits per heavy atom. The summed E-state index contributed by atoms with van der Waals surface area (Å²) < 4.78 is 27.1. The largest absolute Gasteiger partial charge is 0.459 e. The van der Waals surface area contributed by atoms with Gasteiger partial charge in [0.25, 0.3) is 0 Å². The zero-order valence-corrected chi connectivity index (χ0v) is 18.3. The van der Waals surface area contributed by atoms with Crippen molar-refractivity contribution in [2.75, 3.05) is 26.4 Å². The number of aliphatic hydroxyl groups is 5. The Morgan fingerprint density at radius 1 is 0.969 bits per heavy atom. The first-order chi connectivity index (χ1) is 15.1. The molecule has 0 aromatic heterocycles. The van der Waals surface area contributed by atoms with Crippen molar-refractivity contribution in [1.29, 1.82) is 0 Å². The molecule has 3 heterocycles. The number of aliphatic hydroxyl groups excluding tert-OH is 4. The second-order valence-electron chi connectivity index (χ2n) is 8.88. The van der Waals surface area contributed by atoms with Crippen LogP contribution in [0.5, 0.6) is 0 Å². The van der Waals surface area contributed by atoms with E-state index in [1.807, 2.05) is 6.92 Å². The normalized spacial score (nSPS) is 45.2. The summed E-state index contributed by atoms with van der Waals surface area (Å²) in [5.74, 6) is -0.353. The van der Waals surface area contributed by atoms with Crippen molar-refractivity contribution in [3.63, 3.8) is 0 Å². The number of hydrogen-bond acceptors (Lipinski definition) is 11. The Morgan fingerprint density at radius 2 is 1.72 bits per heavy atom. The first kappa shape index (κ1) is 25.5. The minimum atomic E-state index is -1.87. The van der Waals surface area contributed by atoms with Crippen LogP contribution in [0.15, 0.2) is 11.6 Å². The highest BCUT2D eigenvalue weighted by Crippen LogP contribution is 2.29. The number of allylic oxidation sites excluding steroid dienone is 1. The van der Waals surface area contributed by atoms with Crippen LogP contribution in [0.25, 0.3) is 0 Å². The van der Waals surface area contributed by atoms with Gasteiger partial charge in [-0.1, -0.05) is 13.0 Å². The first-order valence-electron chi connectivity index (χ1n) is 10.9. The predicted octanol–water partition coefficient (Wildman–Crippen LogP) is -1.41. The second-order valence-corrected chi connectivity index (χ2v) is 8.88. The summed E-state index contributed by atoms with van der Waals surface area (Å²) in [7, 11) is 0. The number of cyclic esters (lactones) is 1. The fraction of sp³-hybridized carbons (Fsp3) is 0.857. The Balaban J connectivity index is 1.73. The van der Waals surface area contributed by atoms with Crippen LogP contribution in [0, 0.1) is 5.92 Å². The molecule has 3 aliphatic rings. The third kappa shape index (κ3) is 5.85. The lowest BCUT2D eigenvalue weighted by Crippen LogP contribution is -2.59. The molecule has 0 spiro atoms. The van der Waals surface area contributed by atoms with Crippen molar-refractivity contribution in [3.8, 4) is 0 Å². The van der Waals surface area contributed by atoms with Crippen molar-refractivity contribution in [1.82, 2.24) is 0 Å². The molecule has 0 amide bonds. The molecule has 11 nitrogen and oxygen atoms in total. The van der Waals surface area contributed by atoms with E-state index in [0.717, 1.165) is 6.42 Å². The van der Waals surface area contributed by atoms with Crippen LogP contribution in [-0.4, -0.2) is 107 Å². The predicted molar refractivity (Wildman–Crippen MR) is 107 cm³/mol. The summed E-state index contributed by atoms with van der Waals surface area (Å²) in [6.45, 7) is 2.74. The average molecular weight is 462 g/mol. The van der Waals surface area contributed by atoms with E-state index in [9.17, 15) is 30.3 Å². The second kappa shape index (κ2) is 10.9. The lowest BCUT2D eigenvalue weighted by Gasteiger charge is -2.40. The third-order valence-corrected chi connectivity index (χ3v) is 6.18. The van der Waals surface area contributed by atoms with E-state index < -0.39 is 61.3 Å². The Bertz CT molecular complexity index is 670. The van der Waals surface area contributed by atoms with Crippen LogP contribution >= 0.6 is 0 Å². The van der Waals surface area contributed by atoms with Gasteiger partial charge in [0.1, 0.15) is 37.1 Å². The smallest absolute Gasteiger partial charge is 0.333 e. The summed E-state index contributed by atoms with van der Waals surface area (Å²) in [5, 5.41) is 51.7. The van der Waals surface area contributed by atoms with Gasteiger partial charge in [0.05, 0.1) is 19.8 Å². The molecule has 2 saturated heterocycles. The summed E-state index contributed by atoms with van der Waals surface area (Å²) in [6, 6.07) is 0. The van der Waals surface area contributed by atoms with Crippen LogP contribution in [0.2, 0.25) is 0 Å². The molecule has 9 unspecified atom stereocenters. The Labute approximate surface area is 186 Å². The molecule has 5 N–H and O–H groups in total. The minimum Gasteiger partial charge on any atom is -0.459 e. The van der Waals surface area contributed by atoms with Crippen molar-refractivity contribution >= 4 is 5.97 Å². The van der Waals surface area contributed by atoms with Gasteiger partial charge < -0.3 is 49.2 Å². The van der Waals surface area contributed by atoms with Crippen LogP contribution in [0.4, 0.5) is 0 Å². The lowest BCUT2D eigenvalue weighted by molar-refractivity contribution is -0.310. The van der Waals surface area contributed by atoms with Crippen LogP contribution < -0.4 is 0 Å². The van der Waals surface area contributed by atoms with Gasteiger partial charge in [-0.2, -0.15) is 0 Å². The summed E-state index contributed by atoms with van der Waals surface area (Å²) >= 11 is 0. The highest BCUT2D eigenvalue weighted by atomic mass is 16.7. The van der Waals surface area contributed by atoms with Gasteiger partial charge in [-0.25, -0.2) is 4.79 Å². The van der Waals surface area contributed by atoms with Gasteiger partial charge >= 0.3 is 5.97 Å². The molecule has 0 radical (unpaired) electrons. The number of fused-ring (bicyclic) bond motifs is 4. The van der Waals surface area contributed by atoms with E-state index in [1.165, 1.54) is 0 Å². The molecule has 2 fully saturated rings. The van der Waals surface area contributed by atoms with Gasteiger partial charge in [0.15, 0.2) is 18.2 Å². The number of carbonyl (C=O) groups is 1. The Hall–Kier alpha value is -1.15. The molecule has 184 valence electrons. The van der Waals surface area contributed by atoms with Gasteiger partial charge in [-0.05, 0) is 32.1 Å². The summed E-state index contributed by atoms with van der Waals surface area (Å²) in [6.07, 6.45) is -5.69. The number of hydrogen-bond donors (Lipinski definition) is 5. The maximum Gasteiger partial charge on any atom is 0.333 e. The first-order valence-corrected chi connectivity index (χ1v) is 10.9. The average Bonchev–Trinajstić information content (AvgIpc) is 3.04. The van der Waals surface area contributed by atoms with Crippen molar-refractivity contribution < 1.29 is 54.0 Å². The lowest BCUT2D eigenvalue weighted by atomic mass is 9.99. The summed E-state index contributed by atoms with van der Waals surface area (Å²) in [5.41, 5.74) is -1.48. The molecular weight excluding hydrogens is 428 g/mol. The molecule has 0 aromatic rings. The molecular formula is C21H34O11. The fourth-order valence-electron chi connectivity index (χ4n) is 3.81. The highest BCUT2D eigenvalue weighted by molar-refractivity contribution is 5.87. The van der Waals surface area contributed by atoms with Crippen molar-refractivity contribution in [2.45, 2.75) is 81.8 Å². The quantitative estimate of drug-likeness (QED) is 0.269. The standard InChI is InChI=1S/C21H34O11/c1-11-4-3-5-12(2)18(26)30-9-21(27)10-31-20(17(21)25)29-8-13-14(22)15(23)16(24)19(32-13)28-7-6-11/h5,11,13-17,19-20,22-25,27H,3-4,6-10H2,1-2H3. The zero-order chi connectivity index (χ0) is 23.5. The van der Waals surface area contributed by atoms with Crippen molar-refractivity contribution in [3.05, 3.63) is 11.6 Å². The monoisotopic (exact) mass is 462 g/mol. The number of esters is 1. The topological polar surface area (TPSA) is 164 Å². The molecule has 3 rings (SSSR count). The van der Waals surface area contributed by atoms with E-state index in [-0.39, 0.29) is 25.7 Å².